The number of hydrogen-bond acceptors (Lipinski definition) is 2. The minimum atomic E-state index is -0.00728. The molecule has 2 rings (SSSR count). The molecule has 1 amide bonds. The molecule has 4 heteroatoms. The molecule has 0 atom stereocenters. The van der Waals surface area contributed by atoms with E-state index in [4.69, 9.17) is 11.6 Å². The highest BCUT2D eigenvalue weighted by Gasteiger charge is 2.17. The summed E-state index contributed by atoms with van der Waals surface area (Å²) in [6, 6.07) is 4.75. The van der Waals surface area contributed by atoms with Gasteiger partial charge in [-0.2, -0.15) is 0 Å². The Kier molecular flexibility index (Phi) is 4.48. The van der Waals surface area contributed by atoms with Crippen molar-refractivity contribution < 1.29 is 9.90 Å². The van der Waals surface area contributed by atoms with Gasteiger partial charge in [-0.1, -0.05) is 30.9 Å². The van der Waals surface area contributed by atoms with Gasteiger partial charge < -0.3 is 10.4 Å². The van der Waals surface area contributed by atoms with Crippen LogP contribution in [0.4, 0.5) is 5.69 Å². The Bertz CT molecular complexity index is 428. The first-order chi connectivity index (χ1) is 8.65. The van der Waals surface area contributed by atoms with Gasteiger partial charge in [0.15, 0.2) is 0 Å². The molecule has 1 aliphatic rings. The number of anilines is 1. The number of amides is 1. The first-order valence-corrected chi connectivity index (χ1v) is 6.81. The molecule has 1 aliphatic carbocycles. The summed E-state index contributed by atoms with van der Waals surface area (Å²) in [5.74, 6) is 0.524. The summed E-state index contributed by atoms with van der Waals surface area (Å²) < 4.78 is 0. The van der Waals surface area contributed by atoms with Crippen molar-refractivity contribution in [1.29, 1.82) is 0 Å². The standard InChI is InChI=1S/C14H18ClNO2/c15-12-7-6-11(9-13(12)17)16-14(18)8-10-4-2-1-3-5-10/h6-7,9-10,17H,1-5,8H2,(H,16,18). The zero-order valence-corrected chi connectivity index (χ0v) is 11.0. The number of phenolic OH excluding ortho intramolecular Hbond substituents is 1. The third-order valence-electron chi connectivity index (χ3n) is 3.43. The lowest BCUT2D eigenvalue weighted by atomic mass is 9.87. The molecule has 0 radical (unpaired) electrons. The average Bonchev–Trinajstić information content (AvgIpc) is 2.35. The van der Waals surface area contributed by atoms with E-state index in [1.54, 1.807) is 12.1 Å². The Labute approximate surface area is 112 Å². The zero-order valence-electron chi connectivity index (χ0n) is 10.3. The molecule has 1 saturated carbocycles. The Morgan fingerprint density at radius 1 is 1.33 bits per heavy atom. The van der Waals surface area contributed by atoms with E-state index in [0.717, 1.165) is 12.8 Å². The molecule has 0 saturated heterocycles. The van der Waals surface area contributed by atoms with Crippen LogP contribution in [0.1, 0.15) is 38.5 Å². The summed E-state index contributed by atoms with van der Waals surface area (Å²) in [5, 5.41) is 12.5. The second kappa shape index (κ2) is 6.10. The van der Waals surface area contributed by atoms with Gasteiger partial charge in [-0.15, -0.1) is 0 Å². The van der Waals surface area contributed by atoms with Gasteiger partial charge in [-0.05, 0) is 30.9 Å². The van der Waals surface area contributed by atoms with Crippen molar-refractivity contribution in [2.75, 3.05) is 5.32 Å². The molecule has 0 bridgehead atoms. The summed E-state index contributed by atoms with van der Waals surface area (Å²) in [7, 11) is 0. The quantitative estimate of drug-likeness (QED) is 0.871. The second-order valence-corrected chi connectivity index (χ2v) is 5.33. The third-order valence-corrected chi connectivity index (χ3v) is 3.75. The van der Waals surface area contributed by atoms with Crippen LogP contribution in [0.3, 0.4) is 0 Å². The van der Waals surface area contributed by atoms with Crippen molar-refractivity contribution in [1.82, 2.24) is 0 Å². The molecule has 0 unspecified atom stereocenters. The predicted octanol–water partition coefficient (Wildman–Crippen LogP) is 3.95. The van der Waals surface area contributed by atoms with Crippen molar-refractivity contribution in [2.45, 2.75) is 38.5 Å². The first kappa shape index (κ1) is 13.2. The normalized spacial score (nSPS) is 16.5. The van der Waals surface area contributed by atoms with Gasteiger partial charge in [-0.3, -0.25) is 4.79 Å². The van der Waals surface area contributed by atoms with Crippen LogP contribution in [-0.4, -0.2) is 11.0 Å². The van der Waals surface area contributed by atoms with Gasteiger partial charge in [0, 0.05) is 18.2 Å². The number of carbonyl (C=O) groups is 1. The van der Waals surface area contributed by atoms with E-state index >= 15 is 0 Å². The molecule has 3 nitrogen and oxygen atoms in total. The summed E-state index contributed by atoms with van der Waals surface area (Å²) >= 11 is 5.71. The fourth-order valence-electron chi connectivity index (χ4n) is 2.46. The maximum Gasteiger partial charge on any atom is 0.224 e. The molecule has 0 heterocycles. The Morgan fingerprint density at radius 2 is 2.06 bits per heavy atom. The Morgan fingerprint density at radius 3 is 2.72 bits per heavy atom. The molecule has 0 spiro atoms. The van der Waals surface area contributed by atoms with Gasteiger partial charge in [0.05, 0.1) is 5.02 Å². The van der Waals surface area contributed by atoms with Crippen LogP contribution in [0.25, 0.3) is 0 Å². The highest BCUT2D eigenvalue weighted by molar-refractivity contribution is 6.32. The molecule has 2 N–H and O–H groups in total. The third kappa shape index (κ3) is 3.64. The maximum absolute atomic E-state index is 11.9. The number of benzene rings is 1. The number of carbonyl (C=O) groups excluding carboxylic acids is 1. The fourth-order valence-corrected chi connectivity index (χ4v) is 2.57. The number of hydrogen-bond donors (Lipinski definition) is 2. The lowest BCUT2D eigenvalue weighted by Gasteiger charge is -2.20. The number of phenols is 1. The van der Waals surface area contributed by atoms with Gasteiger partial charge in [0.25, 0.3) is 0 Å². The van der Waals surface area contributed by atoms with E-state index in [2.05, 4.69) is 5.32 Å². The lowest BCUT2D eigenvalue weighted by molar-refractivity contribution is -0.117. The summed E-state index contributed by atoms with van der Waals surface area (Å²) in [6.07, 6.45) is 6.64. The van der Waals surface area contributed by atoms with E-state index in [9.17, 15) is 9.90 Å². The van der Waals surface area contributed by atoms with Gasteiger partial charge in [0.1, 0.15) is 5.75 Å². The smallest absolute Gasteiger partial charge is 0.224 e. The minimum Gasteiger partial charge on any atom is -0.506 e. The van der Waals surface area contributed by atoms with Crippen molar-refractivity contribution in [3.63, 3.8) is 0 Å². The highest BCUT2D eigenvalue weighted by atomic mass is 35.5. The van der Waals surface area contributed by atoms with E-state index < -0.39 is 0 Å². The van der Waals surface area contributed by atoms with Gasteiger partial charge >= 0.3 is 0 Å². The highest BCUT2D eigenvalue weighted by Crippen LogP contribution is 2.28. The van der Waals surface area contributed by atoms with Crippen LogP contribution in [0.2, 0.25) is 5.02 Å². The lowest BCUT2D eigenvalue weighted by Crippen LogP contribution is -2.18. The van der Waals surface area contributed by atoms with Crippen molar-refractivity contribution in [2.24, 2.45) is 5.92 Å². The zero-order chi connectivity index (χ0) is 13.0. The van der Waals surface area contributed by atoms with E-state index in [1.807, 2.05) is 0 Å². The number of rotatable bonds is 3. The topological polar surface area (TPSA) is 49.3 Å². The van der Waals surface area contributed by atoms with Gasteiger partial charge in [0.2, 0.25) is 5.91 Å². The summed E-state index contributed by atoms with van der Waals surface area (Å²) in [5.41, 5.74) is 0.595. The first-order valence-electron chi connectivity index (χ1n) is 6.43. The molecular formula is C14H18ClNO2. The molecule has 1 fully saturated rings. The summed E-state index contributed by atoms with van der Waals surface area (Å²) in [6.45, 7) is 0. The Balaban J connectivity index is 1.88. The van der Waals surface area contributed by atoms with E-state index in [1.165, 1.54) is 25.3 Å². The minimum absolute atomic E-state index is 0.00728. The van der Waals surface area contributed by atoms with Crippen LogP contribution < -0.4 is 5.32 Å². The van der Waals surface area contributed by atoms with Crippen LogP contribution in [0.15, 0.2) is 18.2 Å². The number of nitrogens with one attached hydrogen (secondary N) is 1. The maximum atomic E-state index is 11.9. The molecule has 1 aromatic rings. The van der Waals surface area contributed by atoms with Crippen molar-refractivity contribution in [3.05, 3.63) is 23.2 Å². The van der Waals surface area contributed by atoms with E-state index in [-0.39, 0.29) is 11.7 Å². The van der Waals surface area contributed by atoms with Gasteiger partial charge in [-0.25, -0.2) is 0 Å². The molecule has 98 valence electrons. The average molecular weight is 268 g/mol. The molecule has 0 aromatic heterocycles. The molecule has 1 aromatic carbocycles. The molecule has 0 aliphatic heterocycles. The van der Waals surface area contributed by atoms with Crippen LogP contribution in [-0.2, 0) is 4.79 Å². The summed E-state index contributed by atoms with van der Waals surface area (Å²) in [4.78, 5) is 11.9. The largest absolute Gasteiger partial charge is 0.506 e. The molecular weight excluding hydrogens is 250 g/mol. The monoisotopic (exact) mass is 267 g/mol. The number of aromatic hydroxyl groups is 1. The fraction of sp³-hybridized carbons (Fsp3) is 0.500. The van der Waals surface area contributed by atoms with Crippen LogP contribution in [0, 0.1) is 5.92 Å². The van der Waals surface area contributed by atoms with Crippen LogP contribution >= 0.6 is 11.6 Å². The van der Waals surface area contributed by atoms with Crippen LogP contribution in [0.5, 0.6) is 5.75 Å². The second-order valence-electron chi connectivity index (χ2n) is 4.92. The van der Waals surface area contributed by atoms with E-state index in [0.29, 0.717) is 23.0 Å². The number of halogens is 1. The van der Waals surface area contributed by atoms with Crippen molar-refractivity contribution in [3.8, 4) is 5.75 Å². The SMILES string of the molecule is O=C(CC1CCCCC1)Nc1ccc(Cl)c(O)c1. The van der Waals surface area contributed by atoms with Crippen molar-refractivity contribution >= 4 is 23.2 Å². The predicted molar refractivity (Wildman–Crippen MR) is 72.9 cm³/mol. The molecule has 18 heavy (non-hydrogen) atoms. The Hall–Kier alpha value is -1.22.